The van der Waals surface area contributed by atoms with E-state index in [0.717, 1.165) is 0 Å². The van der Waals surface area contributed by atoms with Crippen LogP contribution in [0.2, 0.25) is 5.02 Å². The number of nitrogens with zero attached hydrogens (tertiary/aromatic N) is 1. The van der Waals surface area contributed by atoms with Gasteiger partial charge >= 0.3 is 5.69 Å². The van der Waals surface area contributed by atoms with Crippen LogP contribution >= 0.6 is 11.6 Å². The predicted octanol–water partition coefficient (Wildman–Crippen LogP) is 2.31. The number of methoxy groups -OCH3 is 1. The molecule has 0 aliphatic carbocycles. The smallest absolute Gasteiger partial charge is 0.329 e. The van der Waals surface area contributed by atoms with Gasteiger partial charge in [0, 0.05) is 19.0 Å². The number of ether oxygens (including phenoxy) is 1. The molecule has 3 rings (SSSR count). The van der Waals surface area contributed by atoms with Gasteiger partial charge in [0.2, 0.25) is 11.8 Å². The molecule has 30 heavy (non-hydrogen) atoms. The van der Waals surface area contributed by atoms with Gasteiger partial charge in [0.05, 0.1) is 29.3 Å². The summed E-state index contributed by atoms with van der Waals surface area (Å²) in [5.41, 5.74) is -0.989. The lowest BCUT2D eigenvalue weighted by atomic mass is 9.92. The number of hydrogen-bond acceptors (Lipinski definition) is 5. The summed E-state index contributed by atoms with van der Waals surface area (Å²) < 4.78 is 6.44. The lowest BCUT2D eigenvalue weighted by Crippen LogP contribution is -2.42. The molecule has 0 fully saturated rings. The summed E-state index contributed by atoms with van der Waals surface area (Å²) in [6.45, 7) is 4.29. The molecule has 1 aliphatic heterocycles. The van der Waals surface area contributed by atoms with Gasteiger partial charge in [0.1, 0.15) is 11.6 Å². The van der Waals surface area contributed by atoms with Gasteiger partial charge in [-0.15, -0.1) is 0 Å². The van der Waals surface area contributed by atoms with Gasteiger partial charge in [0.15, 0.2) is 0 Å². The standard InChI is InChI=1S/C20H23ClN4O5/c1-10(2)6-7-25-17-16(19(28)24-20(25)29)12(9-15(26)23-17)18(27)22-14-8-11(30-3)4-5-13(14)21/h4-5,8,10,12H,6-7,9H2,1-3H3,(H,22,27)(H,23,26)(H,24,28,29)/t12-/m1/s1. The summed E-state index contributed by atoms with van der Waals surface area (Å²) in [4.78, 5) is 52.5. The first kappa shape index (κ1) is 21.6. The first-order valence-corrected chi connectivity index (χ1v) is 9.90. The quantitative estimate of drug-likeness (QED) is 0.643. The van der Waals surface area contributed by atoms with Gasteiger partial charge in [-0.1, -0.05) is 25.4 Å². The minimum atomic E-state index is -1.08. The van der Waals surface area contributed by atoms with Crippen LogP contribution in [0.25, 0.3) is 0 Å². The van der Waals surface area contributed by atoms with E-state index in [1.807, 2.05) is 13.8 Å². The van der Waals surface area contributed by atoms with Crippen molar-refractivity contribution in [3.05, 3.63) is 49.6 Å². The highest BCUT2D eigenvalue weighted by atomic mass is 35.5. The zero-order chi connectivity index (χ0) is 22.0. The molecule has 2 heterocycles. The number of aromatic amines is 1. The highest BCUT2D eigenvalue weighted by Crippen LogP contribution is 2.32. The topological polar surface area (TPSA) is 122 Å². The minimum absolute atomic E-state index is 0.0504. The third kappa shape index (κ3) is 4.40. The Kier molecular flexibility index (Phi) is 6.31. The summed E-state index contributed by atoms with van der Waals surface area (Å²) in [6, 6.07) is 4.74. The van der Waals surface area contributed by atoms with Crippen molar-refractivity contribution in [3.8, 4) is 5.75 Å². The number of rotatable bonds is 6. The van der Waals surface area contributed by atoms with Crippen LogP contribution in [0.5, 0.6) is 5.75 Å². The highest BCUT2D eigenvalue weighted by molar-refractivity contribution is 6.33. The second-order valence-electron chi connectivity index (χ2n) is 7.50. The fourth-order valence-corrected chi connectivity index (χ4v) is 3.45. The number of H-pyrrole nitrogens is 1. The maximum absolute atomic E-state index is 13.0. The number of carbonyl (C=O) groups excluding carboxylic acids is 2. The van der Waals surface area contributed by atoms with E-state index in [1.165, 1.54) is 17.7 Å². The van der Waals surface area contributed by atoms with Gasteiger partial charge in [-0.25, -0.2) is 4.79 Å². The summed E-state index contributed by atoms with van der Waals surface area (Å²) in [6.07, 6.45) is 0.427. The first-order valence-electron chi connectivity index (χ1n) is 9.52. The Labute approximate surface area is 177 Å². The number of fused-ring (bicyclic) bond motifs is 1. The molecule has 0 unspecified atom stereocenters. The largest absolute Gasteiger partial charge is 0.497 e. The summed E-state index contributed by atoms with van der Waals surface area (Å²) in [5.74, 6) is -1.27. The van der Waals surface area contributed by atoms with E-state index < -0.39 is 29.0 Å². The average molecular weight is 435 g/mol. The van der Waals surface area contributed by atoms with Crippen molar-refractivity contribution in [1.82, 2.24) is 9.55 Å². The molecule has 0 radical (unpaired) electrons. The molecule has 10 heteroatoms. The summed E-state index contributed by atoms with van der Waals surface area (Å²) in [7, 11) is 1.48. The Bertz CT molecular complexity index is 1110. The number of halogens is 1. The first-order chi connectivity index (χ1) is 14.2. The van der Waals surface area contributed by atoms with E-state index in [4.69, 9.17) is 16.3 Å². The van der Waals surface area contributed by atoms with Crippen LogP contribution < -0.4 is 26.6 Å². The second kappa shape index (κ2) is 8.74. The second-order valence-corrected chi connectivity index (χ2v) is 7.90. The van der Waals surface area contributed by atoms with Crippen LogP contribution in [-0.4, -0.2) is 28.5 Å². The molecule has 1 aromatic carbocycles. The molecular formula is C20H23ClN4O5. The number of carbonyl (C=O) groups is 2. The number of hydrogen-bond donors (Lipinski definition) is 3. The molecule has 0 saturated heterocycles. The molecule has 1 aromatic heterocycles. The van der Waals surface area contributed by atoms with Gasteiger partial charge in [-0.3, -0.25) is 23.9 Å². The molecule has 0 spiro atoms. The summed E-state index contributed by atoms with van der Waals surface area (Å²) >= 11 is 6.15. The van der Waals surface area contributed by atoms with Crippen LogP contribution in [0, 0.1) is 5.92 Å². The Morgan fingerprint density at radius 2 is 2.07 bits per heavy atom. The minimum Gasteiger partial charge on any atom is -0.497 e. The Morgan fingerprint density at radius 3 is 2.73 bits per heavy atom. The van der Waals surface area contributed by atoms with Gasteiger partial charge in [-0.05, 0) is 24.5 Å². The monoisotopic (exact) mass is 434 g/mol. The molecule has 1 aliphatic rings. The Balaban J connectivity index is 2.02. The third-order valence-electron chi connectivity index (χ3n) is 4.91. The zero-order valence-electron chi connectivity index (χ0n) is 16.9. The Morgan fingerprint density at radius 1 is 1.33 bits per heavy atom. The lowest BCUT2D eigenvalue weighted by molar-refractivity contribution is -0.123. The van der Waals surface area contributed by atoms with E-state index in [-0.39, 0.29) is 28.5 Å². The van der Waals surface area contributed by atoms with Crippen molar-refractivity contribution in [2.75, 3.05) is 17.7 Å². The fourth-order valence-electron chi connectivity index (χ4n) is 3.29. The average Bonchev–Trinajstić information content (AvgIpc) is 2.68. The van der Waals surface area contributed by atoms with Crippen LogP contribution in [0.4, 0.5) is 11.5 Å². The van der Waals surface area contributed by atoms with E-state index in [9.17, 15) is 19.2 Å². The van der Waals surface area contributed by atoms with Crippen molar-refractivity contribution in [2.45, 2.75) is 39.2 Å². The molecule has 2 amide bonds. The van der Waals surface area contributed by atoms with Crippen molar-refractivity contribution in [3.63, 3.8) is 0 Å². The molecule has 3 N–H and O–H groups in total. The number of aromatic nitrogens is 2. The zero-order valence-corrected chi connectivity index (χ0v) is 17.6. The van der Waals surface area contributed by atoms with Crippen LogP contribution in [0.3, 0.4) is 0 Å². The van der Waals surface area contributed by atoms with E-state index in [0.29, 0.717) is 24.6 Å². The molecule has 0 bridgehead atoms. The van der Waals surface area contributed by atoms with Crippen molar-refractivity contribution < 1.29 is 14.3 Å². The number of nitrogens with one attached hydrogen (secondary N) is 3. The molecule has 0 saturated carbocycles. The molecule has 160 valence electrons. The molecule has 2 aromatic rings. The molecule has 9 nitrogen and oxygen atoms in total. The maximum atomic E-state index is 13.0. The third-order valence-corrected chi connectivity index (χ3v) is 5.24. The number of benzene rings is 1. The predicted molar refractivity (Wildman–Crippen MR) is 113 cm³/mol. The summed E-state index contributed by atoms with van der Waals surface area (Å²) in [5, 5.41) is 5.52. The van der Waals surface area contributed by atoms with Gasteiger partial charge in [0.25, 0.3) is 5.56 Å². The normalized spacial score (nSPS) is 15.5. The number of amides is 2. The van der Waals surface area contributed by atoms with Crippen molar-refractivity contribution in [1.29, 1.82) is 0 Å². The van der Waals surface area contributed by atoms with Crippen molar-refractivity contribution in [2.24, 2.45) is 5.92 Å². The maximum Gasteiger partial charge on any atom is 0.329 e. The van der Waals surface area contributed by atoms with Crippen LogP contribution in [-0.2, 0) is 16.1 Å². The number of anilines is 2. The SMILES string of the molecule is COc1ccc(Cl)c(NC(=O)[C@@H]2CC(=O)Nc3c2c(=O)[nH]c(=O)n3CCC(C)C)c1. The van der Waals surface area contributed by atoms with Crippen molar-refractivity contribution >= 4 is 34.9 Å². The van der Waals surface area contributed by atoms with E-state index >= 15 is 0 Å². The van der Waals surface area contributed by atoms with E-state index in [1.54, 1.807) is 12.1 Å². The van der Waals surface area contributed by atoms with Gasteiger partial charge in [-0.2, -0.15) is 0 Å². The van der Waals surface area contributed by atoms with Crippen LogP contribution in [0.15, 0.2) is 27.8 Å². The Hall–Kier alpha value is -3.07. The fraction of sp³-hybridized carbons (Fsp3) is 0.400. The van der Waals surface area contributed by atoms with Crippen LogP contribution in [0.1, 0.15) is 38.2 Å². The molecule has 1 atom stereocenters. The molecular weight excluding hydrogens is 412 g/mol. The van der Waals surface area contributed by atoms with E-state index in [2.05, 4.69) is 15.6 Å². The highest BCUT2D eigenvalue weighted by Gasteiger charge is 2.35. The lowest BCUT2D eigenvalue weighted by Gasteiger charge is -2.26. The van der Waals surface area contributed by atoms with Gasteiger partial charge < -0.3 is 15.4 Å².